The maximum absolute atomic E-state index is 2.52. The highest BCUT2D eigenvalue weighted by atomic mass is 14.4. The Morgan fingerprint density at radius 2 is 1.54 bits per heavy atom. The summed E-state index contributed by atoms with van der Waals surface area (Å²) in [4.78, 5) is 0. The lowest BCUT2D eigenvalue weighted by Crippen LogP contribution is -2.34. The molecule has 0 aromatic heterocycles. The molecule has 1 atom stereocenters. The van der Waals surface area contributed by atoms with Gasteiger partial charge in [0.1, 0.15) is 0 Å². The molecule has 26 heavy (non-hydrogen) atoms. The number of allylic oxidation sites excluding steroid dienone is 1. The maximum atomic E-state index is 2.52. The van der Waals surface area contributed by atoms with Crippen molar-refractivity contribution in [1.29, 1.82) is 0 Å². The Kier molecular flexibility index (Phi) is 5.42. The van der Waals surface area contributed by atoms with E-state index in [1.54, 1.807) is 11.1 Å². The molecule has 0 heterocycles. The summed E-state index contributed by atoms with van der Waals surface area (Å²) in [5.74, 6) is 0.492. The highest BCUT2D eigenvalue weighted by Crippen LogP contribution is 2.46. The zero-order chi connectivity index (χ0) is 18.8. The Balaban J connectivity index is 1.97. The molecule has 0 saturated heterocycles. The highest BCUT2D eigenvalue weighted by molar-refractivity contribution is 5.52. The molecule has 2 aromatic carbocycles. The van der Waals surface area contributed by atoms with Crippen LogP contribution in [0.15, 0.2) is 54.6 Å². The summed E-state index contributed by atoms with van der Waals surface area (Å²) in [6.45, 7) is 11.9. The van der Waals surface area contributed by atoms with Crippen LogP contribution in [0.4, 0.5) is 0 Å². The summed E-state index contributed by atoms with van der Waals surface area (Å²) >= 11 is 0. The quantitative estimate of drug-likeness (QED) is 0.522. The Labute approximate surface area is 160 Å². The monoisotopic (exact) mass is 346 g/mol. The SMILES string of the molecule is CCCC(/C=C/c1ccccc1)c1ccc2c(c1)C(C)(C)CCC2(C)C. The first kappa shape index (κ1) is 19.0. The summed E-state index contributed by atoms with van der Waals surface area (Å²) in [6.07, 6.45) is 9.64. The van der Waals surface area contributed by atoms with Crippen molar-refractivity contribution < 1.29 is 0 Å². The number of rotatable bonds is 5. The minimum absolute atomic E-state index is 0.279. The van der Waals surface area contributed by atoms with Crippen LogP contribution in [0.25, 0.3) is 6.08 Å². The first-order valence-electron chi connectivity index (χ1n) is 10.2. The number of fused-ring (bicyclic) bond motifs is 1. The summed E-state index contributed by atoms with van der Waals surface area (Å²) in [6, 6.07) is 18.0. The van der Waals surface area contributed by atoms with E-state index in [4.69, 9.17) is 0 Å². The molecule has 3 rings (SSSR count). The molecule has 1 unspecified atom stereocenters. The molecule has 0 bridgehead atoms. The van der Waals surface area contributed by atoms with Gasteiger partial charge in [-0.2, -0.15) is 0 Å². The number of hydrogen-bond donors (Lipinski definition) is 0. The molecule has 2 aromatic rings. The van der Waals surface area contributed by atoms with E-state index < -0.39 is 0 Å². The molecular weight excluding hydrogens is 312 g/mol. The molecule has 0 spiro atoms. The lowest BCUT2D eigenvalue weighted by molar-refractivity contribution is 0.331. The smallest absolute Gasteiger partial charge is 0.00213 e. The summed E-state index contributed by atoms with van der Waals surface area (Å²) in [5, 5.41) is 0. The molecule has 0 saturated carbocycles. The van der Waals surface area contributed by atoms with Gasteiger partial charge < -0.3 is 0 Å². The Morgan fingerprint density at radius 3 is 2.19 bits per heavy atom. The second kappa shape index (κ2) is 7.43. The standard InChI is InChI=1S/C26H34/c1-6-10-21(14-13-20-11-8-7-9-12-20)22-15-16-23-24(19-22)26(4,5)18-17-25(23,2)3/h7-9,11-16,19,21H,6,10,17-18H2,1-5H3/b14-13+. The van der Waals surface area contributed by atoms with Gasteiger partial charge in [-0.3, -0.25) is 0 Å². The maximum Gasteiger partial charge on any atom is 0.00213 e. The van der Waals surface area contributed by atoms with Crippen LogP contribution in [0.2, 0.25) is 0 Å². The van der Waals surface area contributed by atoms with Crippen LogP contribution in [-0.4, -0.2) is 0 Å². The third-order valence-electron chi connectivity index (χ3n) is 6.23. The average molecular weight is 347 g/mol. The lowest BCUT2D eigenvalue weighted by atomic mass is 9.62. The van der Waals surface area contributed by atoms with E-state index in [9.17, 15) is 0 Å². The molecule has 1 aliphatic carbocycles. The van der Waals surface area contributed by atoms with Crippen molar-refractivity contribution in [2.75, 3.05) is 0 Å². The van der Waals surface area contributed by atoms with Crippen LogP contribution in [0.5, 0.6) is 0 Å². The van der Waals surface area contributed by atoms with Crippen molar-refractivity contribution in [3.05, 3.63) is 76.9 Å². The van der Waals surface area contributed by atoms with Gasteiger partial charge in [-0.1, -0.05) is 102 Å². The molecule has 0 N–H and O–H groups in total. The summed E-state index contributed by atoms with van der Waals surface area (Å²) < 4.78 is 0. The van der Waals surface area contributed by atoms with Crippen LogP contribution in [-0.2, 0) is 10.8 Å². The molecule has 0 amide bonds. The van der Waals surface area contributed by atoms with E-state index in [0.29, 0.717) is 11.3 Å². The van der Waals surface area contributed by atoms with Gasteiger partial charge in [0.15, 0.2) is 0 Å². The topological polar surface area (TPSA) is 0 Å². The van der Waals surface area contributed by atoms with Gasteiger partial charge in [0, 0.05) is 5.92 Å². The van der Waals surface area contributed by atoms with Crippen molar-refractivity contribution >= 4 is 6.08 Å². The van der Waals surface area contributed by atoms with Crippen LogP contribution < -0.4 is 0 Å². The number of benzene rings is 2. The van der Waals surface area contributed by atoms with Crippen LogP contribution in [0.1, 0.15) is 88.5 Å². The van der Waals surface area contributed by atoms with Gasteiger partial charge >= 0.3 is 0 Å². The van der Waals surface area contributed by atoms with E-state index in [-0.39, 0.29) is 5.41 Å². The second-order valence-electron chi connectivity index (χ2n) is 9.24. The average Bonchev–Trinajstić information content (AvgIpc) is 2.63. The van der Waals surface area contributed by atoms with E-state index in [0.717, 1.165) is 0 Å². The zero-order valence-corrected chi connectivity index (χ0v) is 17.2. The Hall–Kier alpha value is -1.82. The van der Waals surface area contributed by atoms with Gasteiger partial charge in [0.05, 0.1) is 0 Å². The molecule has 1 aliphatic rings. The summed E-state index contributed by atoms with van der Waals surface area (Å²) in [5.41, 5.74) is 6.46. The van der Waals surface area contributed by atoms with Crippen LogP contribution in [0, 0.1) is 0 Å². The van der Waals surface area contributed by atoms with Gasteiger partial charge in [-0.05, 0) is 52.3 Å². The third kappa shape index (κ3) is 3.95. The van der Waals surface area contributed by atoms with Gasteiger partial charge in [-0.15, -0.1) is 0 Å². The fourth-order valence-corrected chi connectivity index (χ4v) is 4.31. The first-order valence-corrected chi connectivity index (χ1v) is 10.2. The molecular formula is C26H34. The largest absolute Gasteiger partial charge is 0.0764 e. The van der Waals surface area contributed by atoms with Gasteiger partial charge in [0.25, 0.3) is 0 Å². The normalized spacial score (nSPS) is 19.3. The van der Waals surface area contributed by atoms with E-state index in [1.165, 1.54) is 36.8 Å². The second-order valence-corrected chi connectivity index (χ2v) is 9.24. The lowest BCUT2D eigenvalue weighted by Gasteiger charge is -2.42. The van der Waals surface area contributed by atoms with Crippen molar-refractivity contribution in [3.63, 3.8) is 0 Å². The Morgan fingerprint density at radius 1 is 0.885 bits per heavy atom. The molecule has 0 fully saturated rings. The van der Waals surface area contributed by atoms with Crippen LogP contribution >= 0.6 is 0 Å². The van der Waals surface area contributed by atoms with E-state index >= 15 is 0 Å². The molecule has 0 radical (unpaired) electrons. The zero-order valence-electron chi connectivity index (χ0n) is 17.2. The third-order valence-corrected chi connectivity index (χ3v) is 6.23. The fraction of sp³-hybridized carbons (Fsp3) is 0.462. The molecule has 0 nitrogen and oxygen atoms in total. The Bertz CT molecular complexity index is 762. The summed E-state index contributed by atoms with van der Waals surface area (Å²) in [7, 11) is 0. The van der Waals surface area contributed by atoms with E-state index in [2.05, 4.69) is 95.3 Å². The van der Waals surface area contributed by atoms with Crippen molar-refractivity contribution in [3.8, 4) is 0 Å². The molecule has 0 heteroatoms. The van der Waals surface area contributed by atoms with Crippen LogP contribution in [0.3, 0.4) is 0 Å². The minimum atomic E-state index is 0.279. The predicted octanol–water partition coefficient (Wildman–Crippen LogP) is 7.63. The van der Waals surface area contributed by atoms with Crippen molar-refractivity contribution in [2.45, 2.75) is 77.0 Å². The molecule has 0 aliphatic heterocycles. The number of hydrogen-bond acceptors (Lipinski definition) is 0. The molecule has 138 valence electrons. The first-order chi connectivity index (χ1) is 12.3. The predicted molar refractivity (Wildman–Crippen MR) is 115 cm³/mol. The van der Waals surface area contributed by atoms with Crippen molar-refractivity contribution in [2.24, 2.45) is 0 Å². The van der Waals surface area contributed by atoms with Gasteiger partial charge in [-0.25, -0.2) is 0 Å². The van der Waals surface area contributed by atoms with Crippen molar-refractivity contribution in [1.82, 2.24) is 0 Å². The van der Waals surface area contributed by atoms with E-state index in [1.807, 2.05) is 0 Å². The highest BCUT2D eigenvalue weighted by Gasteiger charge is 2.37. The fourth-order valence-electron chi connectivity index (χ4n) is 4.31. The minimum Gasteiger partial charge on any atom is -0.0764 e. The van der Waals surface area contributed by atoms with Gasteiger partial charge in [0.2, 0.25) is 0 Å².